The van der Waals surface area contributed by atoms with Crippen molar-refractivity contribution in [1.82, 2.24) is 5.32 Å². The first-order chi connectivity index (χ1) is 4.70. The van der Waals surface area contributed by atoms with Crippen LogP contribution < -0.4 is 5.32 Å². The van der Waals surface area contributed by atoms with Crippen LogP contribution in [-0.4, -0.2) is 21.6 Å². The van der Waals surface area contributed by atoms with Gasteiger partial charge in [-0.15, -0.1) is 0 Å². The second kappa shape index (κ2) is 2.21. The van der Waals surface area contributed by atoms with Crippen LogP contribution in [-0.2, 0) is 4.79 Å². The van der Waals surface area contributed by atoms with Gasteiger partial charge in [0.05, 0.1) is 12.0 Å². The molecule has 1 N–H and O–H groups in total. The van der Waals surface area contributed by atoms with Gasteiger partial charge < -0.3 is 5.32 Å². The molecule has 0 aromatic heterocycles. The van der Waals surface area contributed by atoms with Crippen molar-refractivity contribution in [2.75, 3.05) is 0 Å². The average Bonchev–Trinajstić information content (AvgIpc) is 2.26. The first-order valence-electron chi connectivity index (χ1n) is 3.28. The summed E-state index contributed by atoms with van der Waals surface area (Å²) in [6, 6.07) is 0.317. The maximum atomic E-state index is 11.0. The van der Waals surface area contributed by atoms with Gasteiger partial charge in [0.15, 0.2) is 0 Å². The van der Waals surface area contributed by atoms with Crippen molar-refractivity contribution in [3.63, 3.8) is 0 Å². The minimum absolute atomic E-state index is 0.203. The van der Waals surface area contributed by atoms with E-state index in [4.69, 9.17) is 0 Å². The normalized spacial score (nSPS) is 51.6. The van der Waals surface area contributed by atoms with E-state index in [0.717, 1.165) is 6.42 Å². The van der Waals surface area contributed by atoms with Crippen LogP contribution in [0.2, 0.25) is 0 Å². The third kappa shape index (κ3) is 0.780. The van der Waals surface area contributed by atoms with Crippen molar-refractivity contribution < 1.29 is 4.79 Å². The number of fused-ring (bicyclic) bond motifs is 2. The number of piperidine rings is 1. The van der Waals surface area contributed by atoms with E-state index < -0.39 is 0 Å². The highest BCUT2D eigenvalue weighted by Gasteiger charge is 2.50. The molecule has 2 fully saturated rings. The Kier molecular flexibility index (Phi) is 1.57. The van der Waals surface area contributed by atoms with Gasteiger partial charge in [0, 0.05) is 9.65 Å². The van der Waals surface area contributed by atoms with Crippen molar-refractivity contribution in [3.8, 4) is 0 Å². The summed E-state index contributed by atoms with van der Waals surface area (Å²) in [6.07, 6.45) is 0.979. The maximum Gasteiger partial charge on any atom is 0.224 e. The molecule has 0 unspecified atom stereocenters. The summed E-state index contributed by atoms with van der Waals surface area (Å²) in [5, 5.41) is 2.92. The molecule has 2 aliphatic rings. The molecule has 2 nitrogen and oxygen atoms in total. The molecule has 1 amide bonds. The number of nitrogens with one attached hydrogen (secondary N) is 1. The Hall–Kier alpha value is 0.430. The molecule has 1 aliphatic heterocycles. The summed E-state index contributed by atoms with van der Waals surface area (Å²) in [7, 11) is 0. The smallest absolute Gasteiger partial charge is 0.224 e. The molecule has 0 spiro atoms. The van der Waals surface area contributed by atoms with E-state index in [9.17, 15) is 4.79 Å². The van der Waals surface area contributed by atoms with Crippen LogP contribution in [0.4, 0.5) is 0 Å². The number of hydrogen-bond acceptors (Lipinski definition) is 1. The molecule has 1 saturated heterocycles. The Morgan fingerprint density at radius 2 is 2.20 bits per heavy atom. The molecule has 2 bridgehead atoms. The zero-order valence-electron chi connectivity index (χ0n) is 5.18. The van der Waals surface area contributed by atoms with E-state index in [2.05, 4.69) is 37.2 Å². The van der Waals surface area contributed by atoms with E-state index >= 15 is 0 Å². The summed E-state index contributed by atoms with van der Waals surface area (Å²) in [5.74, 6) is 0.414. The monoisotopic (exact) mass is 267 g/mol. The lowest BCUT2D eigenvalue weighted by molar-refractivity contribution is -0.123. The third-order valence-corrected chi connectivity index (χ3v) is 4.39. The third-order valence-electron chi connectivity index (χ3n) is 2.24. The zero-order chi connectivity index (χ0) is 7.30. The van der Waals surface area contributed by atoms with Gasteiger partial charge in [-0.05, 0) is 6.42 Å². The standard InChI is InChI=1S/C6H7Br2NO/c7-3-1-2-4(8)5(3)9-6(2)10/h2-5H,1H2,(H,9,10)/t2-,3-,4-,5+/m0/s1. The molecule has 10 heavy (non-hydrogen) atoms. The highest BCUT2D eigenvalue weighted by Crippen LogP contribution is 2.40. The molecular weight excluding hydrogens is 262 g/mol. The van der Waals surface area contributed by atoms with Crippen LogP contribution in [0, 0.1) is 5.92 Å². The van der Waals surface area contributed by atoms with Crippen LogP contribution in [0.5, 0.6) is 0 Å². The van der Waals surface area contributed by atoms with Gasteiger partial charge in [-0.2, -0.15) is 0 Å². The van der Waals surface area contributed by atoms with Crippen LogP contribution in [0.25, 0.3) is 0 Å². The number of hydrogen-bond donors (Lipinski definition) is 1. The van der Waals surface area contributed by atoms with Crippen LogP contribution >= 0.6 is 31.9 Å². The number of carbonyl (C=O) groups excluding carboxylic acids is 1. The fourth-order valence-corrected chi connectivity index (χ4v) is 3.89. The summed E-state index contributed by atoms with van der Waals surface area (Å²) < 4.78 is 0. The average molecular weight is 269 g/mol. The summed E-state index contributed by atoms with van der Waals surface area (Å²) in [6.45, 7) is 0. The molecule has 1 saturated carbocycles. The van der Waals surface area contributed by atoms with E-state index in [0.29, 0.717) is 15.7 Å². The molecule has 2 rings (SSSR count). The Bertz CT molecular complexity index is 185. The van der Waals surface area contributed by atoms with Crippen molar-refractivity contribution in [1.29, 1.82) is 0 Å². The number of halogens is 2. The Morgan fingerprint density at radius 3 is 2.50 bits per heavy atom. The Morgan fingerprint density at radius 1 is 1.50 bits per heavy atom. The van der Waals surface area contributed by atoms with E-state index in [1.807, 2.05) is 0 Å². The first-order valence-corrected chi connectivity index (χ1v) is 5.12. The second-order valence-corrected chi connectivity index (χ2v) is 5.07. The summed E-state index contributed by atoms with van der Waals surface area (Å²) in [5.41, 5.74) is 0. The number of carbonyl (C=O) groups is 1. The number of alkyl halides is 2. The lowest BCUT2D eigenvalue weighted by atomic mass is 10.1. The van der Waals surface area contributed by atoms with Crippen molar-refractivity contribution in [2.24, 2.45) is 5.92 Å². The molecule has 0 aromatic carbocycles. The van der Waals surface area contributed by atoms with Crippen LogP contribution in [0.3, 0.4) is 0 Å². The molecule has 4 heteroatoms. The van der Waals surface area contributed by atoms with Gasteiger partial charge in [0.25, 0.3) is 0 Å². The highest BCUT2D eigenvalue weighted by atomic mass is 79.9. The predicted molar refractivity (Wildman–Crippen MR) is 45.5 cm³/mol. The van der Waals surface area contributed by atoms with Crippen LogP contribution in [0.15, 0.2) is 0 Å². The SMILES string of the molecule is O=C1N[C@H]2[C@@H](Br)[C@@H]1C[C@@H]2Br. The summed E-state index contributed by atoms with van der Waals surface area (Å²) >= 11 is 7.02. The van der Waals surface area contributed by atoms with Gasteiger partial charge in [-0.3, -0.25) is 4.79 Å². The minimum Gasteiger partial charge on any atom is -0.351 e. The predicted octanol–water partition coefficient (Wildman–Crippen LogP) is 1.03. The first kappa shape index (κ1) is 7.10. The van der Waals surface area contributed by atoms with Crippen LogP contribution in [0.1, 0.15) is 6.42 Å². The molecule has 56 valence electrons. The molecule has 1 aliphatic carbocycles. The highest BCUT2D eigenvalue weighted by molar-refractivity contribution is 9.10. The second-order valence-electron chi connectivity index (χ2n) is 2.84. The lowest BCUT2D eigenvalue weighted by Crippen LogP contribution is -2.38. The molecule has 0 aromatic rings. The Labute approximate surface area is 76.0 Å². The van der Waals surface area contributed by atoms with Gasteiger partial charge in [-0.25, -0.2) is 0 Å². The van der Waals surface area contributed by atoms with E-state index in [1.54, 1.807) is 0 Å². The fourth-order valence-electron chi connectivity index (χ4n) is 1.66. The lowest BCUT2D eigenvalue weighted by Gasteiger charge is -2.15. The van der Waals surface area contributed by atoms with E-state index in [1.165, 1.54) is 0 Å². The van der Waals surface area contributed by atoms with Gasteiger partial charge in [0.2, 0.25) is 5.91 Å². The molecule has 4 atom stereocenters. The van der Waals surface area contributed by atoms with Crippen molar-refractivity contribution >= 4 is 37.8 Å². The van der Waals surface area contributed by atoms with Gasteiger partial charge in [0.1, 0.15) is 0 Å². The minimum atomic E-state index is 0.203. The Balaban J connectivity index is 2.25. The molecular formula is C6H7Br2NO. The molecule has 1 heterocycles. The van der Waals surface area contributed by atoms with Gasteiger partial charge in [-0.1, -0.05) is 31.9 Å². The largest absolute Gasteiger partial charge is 0.351 e. The molecule has 0 radical (unpaired) electrons. The number of rotatable bonds is 0. The van der Waals surface area contributed by atoms with Crippen molar-refractivity contribution in [3.05, 3.63) is 0 Å². The quantitative estimate of drug-likeness (QED) is 0.654. The van der Waals surface area contributed by atoms with Gasteiger partial charge >= 0.3 is 0 Å². The zero-order valence-corrected chi connectivity index (χ0v) is 8.35. The fraction of sp³-hybridized carbons (Fsp3) is 0.833. The maximum absolute atomic E-state index is 11.0. The van der Waals surface area contributed by atoms with Crippen molar-refractivity contribution in [2.45, 2.75) is 22.1 Å². The topological polar surface area (TPSA) is 29.1 Å². The summed E-state index contributed by atoms with van der Waals surface area (Å²) in [4.78, 5) is 11.9. The number of amides is 1. The van der Waals surface area contributed by atoms with E-state index in [-0.39, 0.29) is 11.8 Å².